The van der Waals surface area contributed by atoms with E-state index in [4.69, 9.17) is 4.74 Å². The summed E-state index contributed by atoms with van der Waals surface area (Å²) in [6.07, 6.45) is 3.55. The van der Waals surface area contributed by atoms with Crippen LogP contribution in [0.5, 0.6) is 0 Å². The zero-order valence-electron chi connectivity index (χ0n) is 4.76. The van der Waals surface area contributed by atoms with E-state index in [1.165, 1.54) is 13.0 Å². The first-order chi connectivity index (χ1) is 3.79. The van der Waals surface area contributed by atoms with Crippen LogP contribution < -0.4 is 0 Å². The van der Waals surface area contributed by atoms with Crippen LogP contribution in [0.15, 0.2) is 12.2 Å². The number of hydrogen-bond donors (Lipinski definition) is 0. The summed E-state index contributed by atoms with van der Waals surface area (Å²) in [5.41, 5.74) is 0. The Morgan fingerprint density at radius 3 is 2.88 bits per heavy atom. The van der Waals surface area contributed by atoms with Gasteiger partial charge in [0.2, 0.25) is 0 Å². The summed E-state index contributed by atoms with van der Waals surface area (Å²) in [6, 6.07) is 0. The van der Waals surface area contributed by atoms with Crippen LogP contribution in [0.1, 0.15) is 6.92 Å². The molecule has 0 aromatic rings. The van der Waals surface area contributed by atoms with Gasteiger partial charge in [0.1, 0.15) is 0 Å². The van der Waals surface area contributed by atoms with Crippen molar-refractivity contribution in [2.75, 3.05) is 6.61 Å². The van der Waals surface area contributed by atoms with E-state index in [2.05, 4.69) is 0 Å². The Morgan fingerprint density at radius 2 is 2.50 bits per heavy atom. The fourth-order valence-electron chi connectivity index (χ4n) is 0.410. The fourth-order valence-corrected chi connectivity index (χ4v) is 0.410. The fraction of sp³-hybridized carbons (Fsp3) is 0.500. The van der Waals surface area contributed by atoms with Gasteiger partial charge in [-0.3, -0.25) is 4.79 Å². The molecule has 1 aliphatic heterocycles. The second-order valence-electron chi connectivity index (χ2n) is 1.84. The van der Waals surface area contributed by atoms with Crippen molar-refractivity contribution in [2.24, 2.45) is 0 Å². The van der Waals surface area contributed by atoms with Crippen molar-refractivity contribution in [2.45, 2.75) is 13.0 Å². The summed E-state index contributed by atoms with van der Waals surface area (Å²) in [5.74, 6) is 0.0838. The Hall–Kier alpha value is -0.630. The average molecular weight is 112 g/mol. The molecule has 44 valence electrons. The number of carbonyl (C=O) groups is 1. The van der Waals surface area contributed by atoms with Gasteiger partial charge < -0.3 is 4.74 Å². The second-order valence-corrected chi connectivity index (χ2v) is 1.84. The summed E-state index contributed by atoms with van der Waals surface area (Å²) in [7, 11) is 0. The number of ether oxygens (including phenoxy) is 1. The first-order valence-corrected chi connectivity index (χ1v) is 2.59. The van der Waals surface area contributed by atoms with Gasteiger partial charge in [-0.15, -0.1) is 0 Å². The smallest absolute Gasteiger partial charge is 0.152 e. The molecule has 0 aromatic heterocycles. The molecule has 1 saturated heterocycles. The van der Waals surface area contributed by atoms with E-state index in [0.717, 1.165) is 6.61 Å². The lowest BCUT2D eigenvalue weighted by Gasteiger charge is -1.74. The molecule has 0 bridgehead atoms. The number of epoxide rings is 1. The van der Waals surface area contributed by atoms with Crippen molar-refractivity contribution in [3.05, 3.63) is 12.2 Å². The number of allylic oxidation sites excluding steroid dienone is 1. The van der Waals surface area contributed by atoms with Crippen LogP contribution in [0.2, 0.25) is 0 Å². The molecule has 1 fully saturated rings. The first-order valence-electron chi connectivity index (χ1n) is 2.59. The molecule has 1 atom stereocenters. The molecule has 8 heavy (non-hydrogen) atoms. The lowest BCUT2D eigenvalue weighted by Crippen LogP contribution is -1.82. The Balaban J connectivity index is 2.23. The highest BCUT2D eigenvalue weighted by atomic mass is 16.6. The van der Waals surface area contributed by atoms with Crippen LogP contribution in [-0.2, 0) is 9.53 Å². The molecule has 0 amide bonds. The third kappa shape index (κ3) is 1.89. The quantitative estimate of drug-likeness (QED) is 0.385. The van der Waals surface area contributed by atoms with Gasteiger partial charge in [0, 0.05) is 0 Å². The van der Waals surface area contributed by atoms with E-state index < -0.39 is 0 Å². The highest BCUT2D eigenvalue weighted by Crippen LogP contribution is 2.09. The minimum Gasteiger partial charge on any atom is -0.369 e. The topological polar surface area (TPSA) is 29.6 Å². The highest BCUT2D eigenvalue weighted by molar-refractivity contribution is 5.87. The number of ketones is 1. The Bertz CT molecular complexity index is 122. The third-order valence-corrected chi connectivity index (χ3v) is 0.905. The van der Waals surface area contributed by atoms with Crippen LogP contribution in [-0.4, -0.2) is 18.5 Å². The van der Waals surface area contributed by atoms with E-state index in [1.807, 2.05) is 0 Å². The third-order valence-electron chi connectivity index (χ3n) is 0.905. The molecule has 0 aliphatic carbocycles. The zero-order valence-corrected chi connectivity index (χ0v) is 4.76. The van der Waals surface area contributed by atoms with Crippen molar-refractivity contribution in [1.29, 1.82) is 0 Å². The average Bonchev–Trinajstić information content (AvgIpc) is 2.41. The van der Waals surface area contributed by atoms with Crippen LogP contribution in [0.3, 0.4) is 0 Å². The molecule has 0 N–H and O–H groups in total. The van der Waals surface area contributed by atoms with Crippen molar-refractivity contribution in [1.82, 2.24) is 0 Å². The summed E-state index contributed by atoms with van der Waals surface area (Å²) >= 11 is 0. The molecule has 1 unspecified atom stereocenters. The van der Waals surface area contributed by atoms with Crippen molar-refractivity contribution >= 4 is 5.78 Å². The maximum absolute atomic E-state index is 10.2. The van der Waals surface area contributed by atoms with Gasteiger partial charge >= 0.3 is 0 Å². The van der Waals surface area contributed by atoms with Gasteiger partial charge in [0.25, 0.3) is 0 Å². The summed E-state index contributed by atoms with van der Waals surface area (Å²) in [6.45, 7) is 2.31. The van der Waals surface area contributed by atoms with Gasteiger partial charge in [0.15, 0.2) is 5.78 Å². The van der Waals surface area contributed by atoms with Gasteiger partial charge in [-0.25, -0.2) is 0 Å². The molecule has 0 saturated carbocycles. The van der Waals surface area contributed by atoms with E-state index in [-0.39, 0.29) is 11.9 Å². The largest absolute Gasteiger partial charge is 0.369 e. The lowest BCUT2D eigenvalue weighted by molar-refractivity contribution is -0.112. The van der Waals surface area contributed by atoms with Gasteiger partial charge in [-0.05, 0) is 13.0 Å². The van der Waals surface area contributed by atoms with Crippen LogP contribution in [0.25, 0.3) is 0 Å². The van der Waals surface area contributed by atoms with E-state index in [9.17, 15) is 4.79 Å². The van der Waals surface area contributed by atoms with Crippen molar-refractivity contribution in [3.63, 3.8) is 0 Å². The van der Waals surface area contributed by atoms with Crippen LogP contribution in [0, 0.1) is 0 Å². The zero-order chi connectivity index (χ0) is 5.98. The minimum absolute atomic E-state index is 0.0838. The molecule has 1 rings (SSSR count). The van der Waals surface area contributed by atoms with Crippen molar-refractivity contribution < 1.29 is 9.53 Å². The monoisotopic (exact) mass is 112 g/mol. The number of carbonyl (C=O) groups excluding carboxylic acids is 1. The molecule has 0 radical (unpaired) electrons. The molecular formula is C6H8O2. The molecule has 2 nitrogen and oxygen atoms in total. The molecular weight excluding hydrogens is 104 g/mol. The van der Waals surface area contributed by atoms with Crippen molar-refractivity contribution in [3.8, 4) is 0 Å². The Morgan fingerprint density at radius 1 is 1.88 bits per heavy atom. The molecule has 2 heteroatoms. The Labute approximate surface area is 48.1 Å². The minimum atomic E-state index is 0.0838. The first kappa shape index (κ1) is 5.51. The SMILES string of the molecule is CC(=O)C=CC1CO1. The van der Waals surface area contributed by atoms with E-state index in [0.29, 0.717) is 0 Å². The predicted octanol–water partition coefficient (Wildman–Crippen LogP) is 0.530. The van der Waals surface area contributed by atoms with Gasteiger partial charge in [-0.2, -0.15) is 0 Å². The maximum atomic E-state index is 10.2. The summed E-state index contributed by atoms with van der Waals surface area (Å²) in [4.78, 5) is 10.2. The predicted molar refractivity (Wildman–Crippen MR) is 29.6 cm³/mol. The van der Waals surface area contributed by atoms with Gasteiger partial charge in [0.05, 0.1) is 12.7 Å². The van der Waals surface area contributed by atoms with Crippen LogP contribution >= 0.6 is 0 Å². The van der Waals surface area contributed by atoms with E-state index >= 15 is 0 Å². The number of hydrogen-bond acceptors (Lipinski definition) is 2. The molecule has 1 aliphatic rings. The van der Waals surface area contributed by atoms with Gasteiger partial charge in [-0.1, -0.05) is 6.08 Å². The second kappa shape index (κ2) is 2.09. The highest BCUT2D eigenvalue weighted by Gasteiger charge is 2.17. The molecule has 0 spiro atoms. The maximum Gasteiger partial charge on any atom is 0.152 e. The summed E-state index contributed by atoms with van der Waals surface area (Å²) < 4.78 is 4.82. The lowest BCUT2D eigenvalue weighted by atomic mass is 10.3. The number of rotatable bonds is 2. The summed E-state index contributed by atoms with van der Waals surface area (Å²) in [5, 5.41) is 0. The normalized spacial score (nSPS) is 26.4. The van der Waals surface area contributed by atoms with E-state index in [1.54, 1.807) is 6.08 Å². The standard InChI is InChI=1S/C6H8O2/c1-5(7)2-3-6-4-8-6/h2-3,6H,4H2,1H3. The van der Waals surface area contributed by atoms with Crippen LogP contribution in [0.4, 0.5) is 0 Å². The molecule has 0 aromatic carbocycles. The Kier molecular flexibility index (Phi) is 1.44. The molecule has 1 heterocycles.